The van der Waals surface area contributed by atoms with Crippen LogP contribution < -0.4 is 4.74 Å². The highest BCUT2D eigenvalue weighted by atomic mass is 35.5. The quantitative estimate of drug-likeness (QED) is 0.112. The Bertz CT molecular complexity index is 1120. The molecule has 15 heteroatoms. The number of esters is 1. The minimum absolute atomic E-state index is 0.122. The molecule has 0 radical (unpaired) electrons. The second-order valence-corrected chi connectivity index (χ2v) is 8.32. The van der Waals surface area contributed by atoms with Crippen LogP contribution in [0.3, 0.4) is 0 Å². The number of hydrogen-bond acceptors (Lipinski definition) is 10. The maximum Gasteiger partial charge on any atom is 0.475 e. The maximum absolute atomic E-state index is 12.7. The van der Waals surface area contributed by atoms with Crippen molar-refractivity contribution in [3.63, 3.8) is 0 Å². The van der Waals surface area contributed by atoms with Gasteiger partial charge in [0, 0.05) is 0 Å². The van der Waals surface area contributed by atoms with Crippen LogP contribution in [0.2, 0.25) is 5.02 Å². The number of rotatable bonds is 13. The first-order valence-corrected chi connectivity index (χ1v) is 11.7. The van der Waals surface area contributed by atoms with Gasteiger partial charge in [-0.25, -0.2) is 0 Å². The number of hydrogen-bond donors (Lipinski definition) is 0. The van der Waals surface area contributed by atoms with Crippen molar-refractivity contribution in [1.29, 1.82) is 0 Å². The van der Waals surface area contributed by atoms with Gasteiger partial charge >= 0.3 is 18.6 Å². The highest BCUT2D eigenvalue weighted by molar-refractivity contribution is 8.14. The standard InChI is InChI=1S/C22H20ClF3N2O8S/c1-2-33-19(29)13-37-20(30)12-35-27-10-14-3-5-15(6-4-14)11-34-21(28(31)32)36-18-8-7-16(9-17(18)23)22(24,25)26/h3-10,21H,2,11-13H2,1H3/b27-10+. The van der Waals surface area contributed by atoms with Crippen molar-refractivity contribution in [3.05, 3.63) is 74.3 Å². The molecule has 0 N–H and O–H groups in total. The van der Waals surface area contributed by atoms with Gasteiger partial charge in [-0.05, 0) is 36.2 Å². The van der Waals surface area contributed by atoms with Crippen LogP contribution in [0.5, 0.6) is 5.75 Å². The highest BCUT2D eigenvalue weighted by Gasteiger charge is 2.32. The molecule has 0 saturated heterocycles. The van der Waals surface area contributed by atoms with E-state index in [-0.39, 0.29) is 31.3 Å². The molecule has 0 spiro atoms. The van der Waals surface area contributed by atoms with E-state index >= 15 is 0 Å². The molecule has 0 aromatic heterocycles. The van der Waals surface area contributed by atoms with Gasteiger partial charge in [0.15, 0.2) is 6.61 Å². The largest absolute Gasteiger partial charge is 0.475 e. The molecule has 37 heavy (non-hydrogen) atoms. The van der Waals surface area contributed by atoms with Gasteiger partial charge in [-0.1, -0.05) is 52.8 Å². The SMILES string of the molecule is CCOC(=O)CSC(=O)CO/N=C/c1ccc(COC(Oc2ccc(C(F)(F)F)cc2Cl)[N+](=O)[O-])cc1. The van der Waals surface area contributed by atoms with Gasteiger partial charge in [-0.15, -0.1) is 0 Å². The summed E-state index contributed by atoms with van der Waals surface area (Å²) >= 11 is 6.51. The molecular weight excluding hydrogens is 545 g/mol. The van der Waals surface area contributed by atoms with Crippen molar-refractivity contribution >= 4 is 40.7 Å². The zero-order chi connectivity index (χ0) is 27.4. The van der Waals surface area contributed by atoms with Crippen LogP contribution in [-0.2, 0) is 36.7 Å². The zero-order valence-electron chi connectivity index (χ0n) is 19.1. The Balaban J connectivity index is 1.84. The Kier molecular flexibility index (Phi) is 11.6. The number of carbonyl (C=O) groups excluding carboxylic acids is 2. The lowest BCUT2D eigenvalue weighted by Crippen LogP contribution is -2.29. The molecule has 0 aliphatic heterocycles. The molecule has 200 valence electrons. The molecule has 2 aromatic rings. The fourth-order valence-corrected chi connectivity index (χ4v) is 3.18. The van der Waals surface area contributed by atoms with Gasteiger partial charge in [0.05, 0.1) is 40.7 Å². The molecule has 0 saturated carbocycles. The fraction of sp³-hybridized carbons (Fsp3) is 0.318. The van der Waals surface area contributed by atoms with Crippen LogP contribution in [-0.4, -0.2) is 47.6 Å². The van der Waals surface area contributed by atoms with Gasteiger partial charge in [-0.2, -0.15) is 13.2 Å². The Hall–Kier alpha value is -3.36. The monoisotopic (exact) mass is 564 g/mol. The maximum atomic E-state index is 12.7. The number of carbonyl (C=O) groups is 2. The summed E-state index contributed by atoms with van der Waals surface area (Å²) < 4.78 is 53.1. The van der Waals surface area contributed by atoms with Crippen LogP contribution in [0.4, 0.5) is 13.2 Å². The molecular formula is C22H20ClF3N2O8S. The first-order chi connectivity index (χ1) is 17.5. The van der Waals surface area contributed by atoms with E-state index in [1.165, 1.54) is 6.21 Å². The number of alkyl halides is 3. The topological polar surface area (TPSA) is 127 Å². The van der Waals surface area contributed by atoms with Crippen LogP contribution >= 0.6 is 23.4 Å². The molecule has 0 heterocycles. The molecule has 1 unspecified atom stereocenters. The minimum atomic E-state index is -4.63. The number of benzene rings is 2. The lowest BCUT2D eigenvalue weighted by atomic mass is 10.1. The molecule has 0 aliphatic rings. The van der Waals surface area contributed by atoms with Crippen LogP contribution in [0.15, 0.2) is 47.6 Å². The van der Waals surface area contributed by atoms with Crippen molar-refractivity contribution in [2.45, 2.75) is 26.1 Å². The van der Waals surface area contributed by atoms with Crippen LogP contribution in [0, 0.1) is 10.1 Å². The van der Waals surface area contributed by atoms with E-state index in [0.717, 1.165) is 17.8 Å². The number of nitro groups is 1. The molecule has 2 aromatic carbocycles. The van der Waals surface area contributed by atoms with Crippen molar-refractivity contribution in [2.75, 3.05) is 19.0 Å². The first kappa shape index (κ1) is 29.9. The highest BCUT2D eigenvalue weighted by Crippen LogP contribution is 2.35. The van der Waals surface area contributed by atoms with E-state index in [1.54, 1.807) is 31.2 Å². The Morgan fingerprint density at radius 3 is 2.51 bits per heavy atom. The third kappa shape index (κ3) is 10.7. The number of halogens is 4. The summed E-state index contributed by atoms with van der Waals surface area (Å²) in [4.78, 5) is 38.0. The fourth-order valence-electron chi connectivity index (χ4n) is 2.46. The summed E-state index contributed by atoms with van der Waals surface area (Å²) in [6.45, 7) is 1.27. The van der Waals surface area contributed by atoms with Gasteiger partial charge in [-0.3, -0.25) is 24.4 Å². The Morgan fingerprint density at radius 1 is 1.22 bits per heavy atom. The molecule has 0 fully saturated rings. The zero-order valence-corrected chi connectivity index (χ0v) is 20.7. The predicted molar refractivity (Wildman–Crippen MR) is 127 cm³/mol. The van der Waals surface area contributed by atoms with Gasteiger partial charge < -0.3 is 14.3 Å². The molecule has 2 rings (SSSR count). The molecule has 0 amide bonds. The third-order valence-electron chi connectivity index (χ3n) is 4.15. The summed E-state index contributed by atoms with van der Waals surface area (Å²) in [7, 11) is 0. The molecule has 0 bridgehead atoms. The predicted octanol–water partition coefficient (Wildman–Crippen LogP) is 4.69. The van der Waals surface area contributed by atoms with E-state index in [2.05, 4.69) is 5.16 Å². The average molecular weight is 565 g/mol. The Morgan fingerprint density at radius 2 is 1.92 bits per heavy atom. The second kappa shape index (κ2) is 14.4. The van der Waals surface area contributed by atoms with Crippen molar-refractivity contribution in [3.8, 4) is 5.75 Å². The third-order valence-corrected chi connectivity index (χ3v) is 5.26. The van der Waals surface area contributed by atoms with Crippen LogP contribution in [0.25, 0.3) is 0 Å². The Labute approximate surface area is 217 Å². The summed E-state index contributed by atoms with van der Waals surface area (Å²) in [5.74, 6) is -0.975. The number of nitrogens with zero attached hydrogens (tertiary/aromatic N) is 2. The summed E-state index contributed by atoms with van der Waals surface area (Å²) in [6, 6.07) is 8.48. The van der Waals surface area contributed by atoms with E-state index in [0.29, 0.717) is 23.3 Å². The van der Waals surface area contributed by atoms with Gasteiger partial charge in [0.2, 0.25) is 5.12 Å². The minimum Gasteiger partial charge on any atom is -0.465 e. The van der Waals surface area contributed by atoms with E-state index in [9.17, 15) is 32.9 Å². The summed E-state index contributed by atoms with van der Waals surface area (Å²) in [5, 5.41) is 14.1. The van der Waals surface area contributed by atoms with E-state index in [1.807, 2.05) is 0 Å². The molecule has 1 atom stereocenters. The summed E-state index contributed by atoms with van der Waals surface area (Å²) in [6.07, 6.45) is -5.33. The smallest absolute Gasteiger partial charge is 0.465 e. The van der Waals surface area contributed by atoms with Crippen LogP contribution in [0.1, 0.15) is 23.6 Å². The molecule has 10 nitrogen and oxygen atoms in total. The van der Waals surface area contributed by atoms with E-state index < -0.39 is 39.2 Å². The normalized spacial score (nSPS) is 12.2. The molecule has 0 aliphatic carbocycles. The number of ether oxygens (including phenoxy) is 3. The lowest BCUT2D eigenvalue weighted by molar-refractivity contribution is -0.621. The summed E-state index contributed by atoms with van der Waals surface area (Å²) in [5.41, 5.74) is 0.0588. The lowest BCUT2D eigenvalue weighted by Gasteiger charge is -2.14. The second-order valence-electron chi connectivity index (χ2n) is 6.88. The first-order valence-electron chi connectivity index (χ1n) is 10.3. The van der Waals surface area contributed by atoms with Gasteiger partial charge in [0.25, 0.3) is 0 Å². The van der Waals surface area contributed by atoms with Gasteiger partial charge in [0.1, 0.15) is 5.75 Å². The van der Waals surface area contributed by atoms with Crippen molar-refractivity contribution in [1.82, 2.24) is 0 Å². The van der Waals surface area contributed by atoms with E-state index in [4.69, 9.17) is 30.6 Å². The van der Waals surface area contributed by atoms with Crippen molar-refractivity contribution in [2.24, 2.45) is 5.16 Å². The number of oxime groups is 1. The number of thioether (sulfide) groups is 1. The van der Waals surface area contributed by atoms with Crippen molar-refractivity contribution < 1.29 is 46.7 Å². The average Bonchev–Trinajstić information content (AvgIpc) is 2.84.